The first kappa shape index (κ1) is 23.4. The Morgan fingerprint density at radius 3 is 2.35 bits per heavy atom. The average molecular weight is 466 g/mol. The summed E-state index contributed by atoms with van der Waals surface area (Å²) < 4.78 is 0. The van der Waals surface area contributed by atoms with Crippen LogP contribution in [-0.4, -0.2) is 58.7 Å². The van der Waals surface area contributed by atoms with Crippen LogP contribution in [0.15, 0.2) is 30.3 Å². The topological polar surface area (TPSA) is 69.7 Å². The second-order valence-corrected chi connectivity index (χ2v) is 10.9. The summed E-state index contributed by atoms with van der Waals surface area (Å²) in [5.41, 5.74) is 0.662. The lowest BCUT2D eigenvalue weighted by atomic mass is 9.84. The minimum absolute atomic E-state index is 0.0167. The van der Waals surface area contributed by atoms with Gasteiger partial charge in [-0.15, -0.1) is 0 Å². The number of benzene rings is 1. The number of piperidine rings is 1. The van der Waals surface area contributed by atoms with Gasteiger partial charge in [-0.2, -0.15) is 0 Å². The number of fused-ring (bicyclic) bond motifs is 1. The molecule has 1 aromatic rings. The van der Waals surface area contributed by atoms with Gasteiger partial charge in [0.25, 0.3) is 5.91 Å². The molecular weight excluding hydrogens is 426 g/mol. The van der Waals surface area contributed by atoms with Crippen LogP contribution in [-0.2, 0) is 9.59 Å². The Kier molecular flexibility index (Phi) is 7.21. The molecule has 2 aliphatic heterocycles. The predicted molar refractivity (Wildman–Crippen MR) is 131 cm³/mol. The van der Waals surface area contributed by atoms with Gasteiger partial charge in [-0.1, -0.05) is 50.3 Å². The molecule has 6 heteroatoms. The van der Waals surface area contributed by atoms with Crippen LogP contribution >= 0.6 is 0 Å². The molecule has 4 atom stereocenters. The van der Waals surface area contributed by atoms with E-state index in [2.05, 4.69) is 5.32 Å². The molecule has 2 saturated heterocycles. The number of hydrogen-bond donors (Lipinski definition) is 1. The van der Waals surface area contributed by atoms with Crippen LogP contribution in [0.1, 0.15) is 87.4 Å². The highest BCUT2D eigenvalue weighted by atomic mass is 16.2. The molecule has 1 N–H and O–H groups in total. The summed E-state index contributed by atoms with van der Waals surface area (Å²) in [5, 5.41) is 3.27. The summed E-state index contributed by atoms with van der Waals surface area (Å²) in [5.74, 6) is 0.416. The predicted octanol–water partition coefficient (Wildman–Crippen LogP) is 4.15. The molecule has 0 aromatic heterocycles. The molecule has 0 bridgehead atoms. The first-order valence-electron chi connectivity index (χ1n) is 13.6. The Morgan fingerprint density at radius 2 is 1.56 bits per heavy atom. The lowest BCUT2D eigenvalue weighted by Gasteiger charge is -2.38. The summed E-state index contributed by atoms with van der Waals surface area (Å²) in [7, 11) is 0. The summed E-state index contributed by atoms with van der Waals surface area (Å²) in [6.07, 6.45) is 12.6. The lowest BCUT2D eigenvalue weighted by molar-refractivity contribution is -0.139. The molecule has 4 fully saturated rings. The van der Waals surface area contributed by atoms with Crippen LogP contribution in [0, 0.1) is 11.8 Å². The highest BCUT2D eigenvalue weighted by Gasteiger charge is 2.49. The third-order valence-corrected chi connectivity index (χ3v) is 8.68. The maximum absolute atomic E-state index is 13.8. The van der Waals surface area contributed by atoms with Crippen molar-refractivity contribution in [1.29, 1.82) is 0 Å². The molecule has 2 saturated carbocycles. The van der Waals surface area contributed by atoms with Crippen LogP contribution < -0.4 is 5.32 Å². The first-order valence-corrected chi connectivity index (χ1v) is 13.6. The number of nitrogens with one attached hydrogen (secondary N) is 1. The number of carbonyl (C=O) groups is 3. The van der Waals surface area contributed by atoms with Gasteiger partial charge >= 0.3 is 0 Å². The zero-order chi connectivity index (χ0) is 23.5. The molecule has 3 amide bonds. The molecule has 4 unspecified atom stereocenters. The summed E-state index contributed by atoms with van der Waals surface area (Å²) in [6.45, 7) is 1.17. The quantitative estimate of drug-likeness (QED) is 0.726. The molecule has 34 heavy (non-hydrogen) atoms. The number of rotatable bonds is 4. The van der Waals surface area contributed by atoms with E-state index >= 15 is 0 Å². The molecule has 5 rings (SSSR count). The smallest absolute Gasteiger partial charge is 0.254 e. The van der Waals surface area contributed by atoms with Crippen molar-refractivity contribution in [3.8, 4) is 0 Å². The largest absolute Gasteiger partial charge is 0.353 e. The molecule has 6 nitrogen and oxygen atoms in total. The third kappa shape index (κ3) is 4.87. The van der Waals surface area contributed by atoms with Crippen molar-refractivity contribution in [3.63, 3.8) is 0 Å². The van der Waals surface area contributed by atoms with E-state index in [1.54, 1.807) is 0 Å². The van der Waals surface area contributed by atoms with Gasteiger partial charge in [-0.05, 0) is 63.0 Å². The van der Waals surface area contributed by atoms with Crippen molar-refractivity contribution in [2.45, 2.75) is 95.2 Å². The van der Waals surface area contributed by atoms with E-state index in [9.17, 15) is 14.4 Å². The van der Waals surface area contributed by atoms with Gasteiger partial charge in [0.2, 0.25) is 11.8 Å². The molecule has 2 heterocycles. The van der Waals surface area contributed by atoms with Crippen molar-refractivity contribution in [3.05, 3.63) is 35.9 Å². The van der Waals surface area contributed by atoms with E-state index in [1.165, 1.54) is 25.7 Å². The van der Waals surface area contributed by atoms with E-state index in [0.29, 0.717) is 30.6 Å². The van der Waals surface area contributed by atoms with Crippen LogP contribution in [0.25, 0.3) is 0 Å². The van der Waals surface area contributed by atoms with Crippen LogP contribution in [0.4, 0.5) is 0 Å². The molecule has 1 aromatic carbocycles. The monoisotopic (exact) mass is 465 g/mol. The minimum Gasteiger partial charge on any atom is -0.353 e. The SMILES string of the molecule is O=C(NC1CCCCC1)C1CCCN(C(=O)C2CC3CCCCC3N2C(=O)c2ccccc2)C1. The normalized spacial score (nSPS) is 30.0. The van der Waals surface area contributed by atoms with Crippen molar-refractivity contribution >= 4 is 17.7 Å². The van der Waals surface area contributed by atoms with E-state index < -0.39 is 6.04 Å². The van der Waals surface area contributed by atoms with Crippen LogP contribution in [0.5, 0.6) is 0 Å². The number of hydrogen-bond acceptors (Lipinski definition) is 3. The summed E-state index contributed by atoms with van der Waals surface area (Å²) >= 11 is 0. The van der Waals surface area contributed by atoms with Gasteiger partial charge in [0, 0.05) is 30.7 Å². The second-order valence-electron chi connectivity index (χ2n) is 10.9. The Hall–Kier alpha value is -2.37. The third-order valence-electron chi connectivity index (χ3n) is 8.68. The highest BCUT2D eigenvalue weighted by Crippen LogP contribution is 2.41. The van der Waals surface area contributed by atoms with Crippen LogP contribution in [0.3, 0.4) is 0 Å². The van der Waals surface area contributed by atoms with Gasteiger partial charge in [0.15, 0.2) is 0 Å². The Morgan fingerprint density at radius 1 is 0.824 bits per heavy atom. The van der Waals surface area contributed by atoms with Crippen molar-refractivity contribution < 1.29 is 14.4 Å². The fourth-order valence-corrected chi connectivity index (χ4v) is 6.87. The molecule has 184 valence electrons. The second kappa shape index (κ2) is 10.5. The Bertz CT molecular complexity index is 882. The standard InChI is InChI=1S/C28H39N3O3/c32-26(29-23-14-5-2-6-15-23)22-13-9-17-30(19-22)28(34)25-18-21-12-7-8-16-24(21)31(25)27(33)20-10-3-1-4-11-20/h1,3-4,10-11,21-25H,2,5-9,12-19H2,(H,29,32). The fraction of sp³-hybridized carbons (Fsp3) is 0.679. The van der Waals surface area contributed by atoms with Crippen molar-refractivity contribution in [2.24, 2.45) is 11.8 Å². The van der Waals surface area contributed by atoms with E-state index in [4.69, 9.17) is 0 Å². The molecule has 4 aliphatic rings. The number of likely N-dealkylation sites (tertiary alicyclic amines) is 2. The van der Waals surface area contributed by atoms with Gasteiger partial charge < -0.3 is 15.1 Å². The zero-order valence-electron chi connectivity index (χ0n) is 20.3. The molecule has 0 spiro atoms. The Labute approximate surface area is 203 Å². The first-order chi connectivity index (χ1) is 16.6. The number of nitrogens with zero attached hydrogens (tertiary/aromatic N) is 2. The maximum atomic E-state index is 13.8. The maximum Gasteiger partial charge on any atom is 0.254 e. The molecule has 2 aliphatic carbocycles. The fourth-order valence-electron chi connectivity index (χ4n) is 6.87. The number of amides is 3. The van der Waals surface area contributed by atoms with E-state index in [-0.39, 0.29) is 29.7 Å². The zero-order valence-corrected chi connectivity index (χ0v) is 20.3. The van der Waals surface area contributed by atoms with Crippen LogP contribution in [0.2, 0.25) is 0 Å². The van der Waals surface area contributed by atoms with Gasteiger partial charge in [0.1, 0.15) is 6.04 Å². The van der Waals surface area contributed by atoms with Gasteiger partial charge in [0.05, 0.1) is 5.92 Å². The molecular formula is C28H39N3O3. The van der Waals surface area contributed by atoms with E-state index in [1.807, 2.05) is 40.1 Å². The average Bonchev–Trinajstić information content (AvgIpc) is 3.28. The lowest BCUT2D eigenvalue weighted by Crippen LogP contribution is -2.54. The molecule has 0 radical (unpaired) electrons. The summed E-state index contributed by atoms with van der Waals surface area (Å²) in [4.78, 5) is 44.3. The van der Waals surface area contributed by atoms with Gasteiger partial charge in [-0.3, -0.25) is 14.4 Å². The highest BCUT2D eigenvalue weighted by molar-refractivity contribution is 5.98. The number of carbonyl (C=O) groups excluding carboxylic acids is 3. The van der Waals surface area contributed by atoms with E-state index in [0.717, 1.165) is 51.4 Å². The van der Waals surface area contributed by atoms with Crippen molar-refractivity contribution in [2.75, 3.05) is 13.1 Å². The Balaban J connectivity index is 1.29. The minimum atomic E-state index is -0.402. The van der Waals surface area contributed by atoms with Gasteiger partial charge in [-0.25, -0.2) is 0 Å². The van der Waals surface area contributed by atoms with Crippen molar-refractivity contribution in [1.82, 2.24) is 15.1 Å². The summed E-state index contributed by atoms with van der Waals surface area (Å²) in [6, 6.07) is 9.45.